The van der Waals surface area contributed by atoms with Gasteiger partial charge in [-0.25, -0.2) is 4.79 Å². The molecule has 0 aliphatic carbocycles. The van der Waals surface area contributed by atoms with Crippen LogP contribution in [0.5, 0.6) is 5.75 Å². The van der Waals surface area contributed by atoms with Gasteiger partial charge in [0.2, 0.25) is 5.76 Å². The van der Waals surface area contributed by atoms with Gasteiger partial charge in [-0.3, -0.25) is 0 Å². The summed E-state index contributed by atoms with van der Waals surface area (Å²) < 4.78 is 4.50. The zero-order valence-corrected chi connectivity index (χ0v) is 11.2. The number of rotatable bonds is 3. The SMILES string of the molecule is CCCc1cc(Cl)ccc1O.O=C(O)c1ccco1. The molecular formula is C14H15ClO4. The number of benzene rings is 1. The zero-order chi connectivity index (χ0) is 14.3. The van der Waals surface area contributed by atoms with Crippen molar-refractivity contribution in [2.75, 3.05) is 0 Å². The standard InChI is InChI=1S/C9H11ClO.C5H4O3/c1-2-3-7-6-8(10)4-5-9(7)11;6-5(7)4-2-1-3-8-4/h4-6,11H,2-3H2,1H3;1-3H,(H,6,7). The van der Waals surface area contributed by atoms with E-state index >= 15 is 0 Å². The van der Waals surface area contributed by atoms with Crippen molar-refractivity contribution < 1.29 is 19.4 Å². The first kappa shape index (κ1) is 15.1. The Bertz CT molecular complexity index is 520. The van der Waals surface area contributed by atoms with Crippen LogP contribution in [0.1, 0.15) is 29.5 Å². The highest BCUT2D eigenvalue weighted by atomic mass is 35.5. The van der Waals surface area contributed by atoms with E-state index in [1.165, 1.54) is 18.4 Å². The first-order valence-electron chi connectivity index (χ1n) is 5.78. The van der Waals surface area contributed by atoms with Gasteiger partial charge in [-0.1, -0.05) is 24.9 Å². The number of hydrogen-bond donors (Lipinski definition) is 2. The fraction of sp³-hybridized carbons (Fsp3) is 0.214. The molecule has 0 fully saturated rings. The number of carboxylic acids is 1. The number of hydrogen-bond acceptors (Lipinski definition) is 3. The number of aryl methyl sites for hydroxylation is 1. The smallest absolute Gasteiger partial charge is 0.371 e. The number of furan rings is 1. The zero-order valence-electron chi connectivity index (χ0n) is 10.5. The molecule has 0 aliphatic heterocycles. The third-order valence-corrected chi connectivity index (χ3v) is 2.53. The molecule has 0 amide bonds. The molecule has 2 N–H and O–H groups in total. The van der Waals surface area contributed by atoms with E-state index in [1.54, 1.807) is 18.2 Å². The second kappa shape index (κ2) is 7.48. The maximum Gasteiger partial charge on any atom is 0.371 e. The van der Waals surface area contributed by atoms with E-state index in [0.717, 1.165) is 18.4 Å². The molecule has 1 aromatic carbocycles. The van der Waals surface area contributed by atoms with Crippen LogP contribution in [0.2, 0.25) is 5.02 Å². The number of carboxylic acid groups (broad SMARTS) is 1. The maximum atomic E-state index is 9.97. The minimum absolute atomic E-state index is 0.0231. The van der Waals surface area contributed by atoms with E-state index in [0.29, 0.717) is 10.8 Å². The van der Waals surface area contributed by atoms with E-state index in [9.17, 15) is 9.90 Å². The van der Waals surface area contributed by atoms with Crippen molar-refractivity contribution in [3.05, 3.63) is 52.9 Å². The summed E-state index contributed by atoms with van der Waals surface area (Å²) in [6.07, 6.45) is 3.23. The molecule has 0 saturated heterocycles. The van der Waals surface area contributed by atoms with Gasteiger partial charge in [0.1, 0.15) is 5.75 Å². The van der Waals surface area contributed by atoms with Gasteiger partial charge in [0.05, 0.1) is 6.26 Å². The Morgan fingerprint density at radius 3 is 2.58 bits per heavy atom. The van der Waals surface area contributed by atoms with Gasteiger partial charge in [0.15, 0.2) is 0 Å². The molecule has 0 saturated carbocycles. The minimum atomic E-state index is -1.03. The Labute approximate surface area is 116 Å². The van der Waals surface area contributed by atoms with E-state index in [4.69, 9.17) is 16.7 Å². The molecule has 0 bridgehead atoms. The molecular weight excluding hydrogens is 268 g/mol. The van der Waals surface area contributed by atoms with E-state index in [1.807, 2.05) is 0 Å². The molecule has 5 heteroatoms. The summed E-state index contributed by atoms with van der Waals surface area (Å²) in [5, 5.41) is 18.2. The molecule has 0 aliphatic rings. The largest absolute Gasteiger partial charge is 0.508 e. The van der Waals surface area contributed by atoms with Gasteiger partial charge in [0.25, 0.3) is 0 Å². The van der Waals surface area contributed by atoms with Crippen LogP contribution < -0.4 is 0 Å². The normalized spacial score (nSPS) is 9.58. The molecule has 2 rings (SSSR count). The molecule has 0 unspecified atom stereocenters. The van der Waals surface area contributed by atoms with Crippen molar-refractivity contribution in [1.82, 2.24) is 0 Å². The topological polar surface area (TPSA) is 70.7 Å². The van der Waals surface area contributed by atoms with E-state index in [-0.39, 0.29) is 5.76 Å². The number of phenols is 1. The van der Waals surface area contributed by atoms with E-state index < -0.39 is 5.97 Å². The number of phenolic OH excluding ortho intramolecular Hbond substituents is 1. The van der Waals surface area contributed by atoms with Crippen molar-refractivity contribution >= 4 is 17.6 Å². The summed E-state index contributed by atoms with van der Waals surface area (Å²) in [7, 11) is 0. The molecule has 2 aromatic rings. The fourth-order valence-electron chi connectivity index (χ4n) is 1.42. The Balaban J connectivity index is 0.000000200. The lowest BCUT2D eigenvalue weighted by molar-refractivity contribution is 0.0662. The van der Waals surface area contributed by atoms with Crippen LogP contribution in [0.4, 0.5) is 0 Å². The van der Waals surface area contributed by atoms with Crippen molar-refractivity contribution in [2.24, 2.45) is 0 Å². The highest BCUT2D eigenvalue weighted by Gasteiger charge is 2.01. The van der Waals surface area contributed by atoms with Gasteiger partial charge in [-0.15, -0.1) is 0 Å². The number of aromatic carboxylic acids is 1. The summed E-state index contributed by atoms with van der Waals surface area (Å²) in [5.41, 5.74) is 0.931. The van der Waals surface area contributed by atoms with Gasteiger partial charge >= 0.3 is 5.97 Å². The molecule has 102 valence electrons. The van der Waals surface area contributed by atoms with Crippen LogP contribution in [0.3, 0.4) is 0 Å². The molecule has 19 heavy (non-hydrogen) atoms. The number of halogens is 1. The van der Waals surface area contributed by atoms with E-state index in [2.05, 4.69) is 11.3 Å². The quantitative estimate of drug-likeness (QED) is 0.893. The Kier molecular flexibility index (Phi) is 5.96. The van der Waals surface area contributed by atoms with Gasteiger partial charge in [-0.05, 0) is 42.3 Å². The van der Waals surface area contributed by atoms with Gasteiger partial charge in [0, 0.05) is 5.02 Å². The predicted molar refractivity (Wildman–Crippen MR) is 72.8 cm³/mol. The molecule has 0 spiro atoms. The summed E-state index contributed by atoms with van der Waals surface area (Å²) >= 11 is 5.74. The Morgan fingerprint density at radius 2 is 2.11 bits per heavy atom. The average molecular weight is 283 g/mol. The van der Waals surface area contributed by atoms with Crippen LogP contribution in [0.15, 0.2) is 41.0 Å². The Hall–Kier alpha value is -1.94. The number of aromatic hydroxyl groups is 1. The molecule has 0 atom stereocenters. The van der Waals surface area contributed by atoms with Crippen LogP contribution in [-0.4, -0.2) is 16.2 Å². The molecule has 1 aromatic heterocycles. The summed E-state index contributed by atoms with van der Waals surface area (Å²) in [5.74, 6) is -0.712. The van der Waals surface area contributed by atoms with Crippen molar-refractivity contribution in [3.63, 3.8) is 0 Å². The van der Waals surface area contributed by atoms with Crippen molar-refractivity contribution in [1.29, 1.82) is 0 Å². The van der Waals surface area contributed by atoms with Crippen LogP contribution in [-0.2, 0) is 6.42 Å². The lowest BCUT2D eigenvalue weighted by atomic mass is 10.1. The summed E-state index contributed by atoms with van der Waals surface area (Å²) in [4.78, 5) is 9.97. The first-order valence-corrected chi connectivity index (χ1v) is 6.16. The highest BCUT2D eigenvalue weighted by Crippen LogP contribution is 2.22. The van der Waals surface area contributed by atoms with Crippen LogP contribution in [0.25, 0.3) is 0 Å². The molecule has 1 heterocycles. The maximum absolute atomic E-state index is 9.97. The second-order valence-corrected chi connectivity index (χ2v) is 4.24. The van der Waals surface area contributed by atoms with Crippen LogP contribution in [0, 0.1) is 0 Å². The monoisotopic (exact) mass is 282 g/mol. The first-order chi connectivity index (χ1) is 9.04. The predicted octanol–water partition coefficient (Wildman–Crippen LogP) is 3.98. The lowest BCUT2D eigenvalue weighted by Crippen LogP contribution is -1.90. The molecule has 4 nitrogen and oxygen atoms in total. The van der Waals surface area contributed by atoms with Gasteiger partial charge in [-0.2, -0.15) is 0 Å². The highest BCUT2D eigenvalue weighted by molar-refractivity contribution is 6.30. The van der Waals surface area contributed by atoms with Crippen LogP contribution >= 0.6 is 11.6 Å². The third-order valence-electron chi connectivity index (χ3n) is 2.29. The fourth-order valence-corrected chi connectivity index (χ4v) is 1.62. The van der Waals surface area contributed by atoms with Crippen molar-refractivity contribution in [2.45, 2.75) is 19.8 Å². The number of carbonyl (C=O) groups is 1. The summed E-state index contributed by atoms with van der Waals surface area (Å²) in [6, 6.07) is 8.05. The second-order valence-electron chi connectivity index (χ2n) is 3.81. The lowest BCUT2D eigenvalue weighted by Gasteiger charge is -2.01. The van der Waals surface area contributed by atoms with Gasteiger partial charge < -0.3 is 14.6 Å². The third kappa shape index (κ3) is 5.06. The van der Waals surface area contributed by atoms with Crippen molar-refractivity contribution in [3.8, 4) is 5.75 Å². The summed E-state index contributed by atoms with van der Waals surface area (Å²) in [6.45, 7) is 2.07. The Morgan fingerprint density at radius 1 is 1.37 bits per heavy atom. The minimum Gasteiger partial charge on any atom is -0.508 e. The molecule has 0 radical (unpaired) electrons. The average Bonchev–Trinajstić information content (AvgIpc) is 2.89.